The molecule has 2 aliphatic rings. The van der Waals surface area contributed by atoms with Crippen molar-refractivity contribution in [3.8, 4) is 11.5 Å². The second-order valence-corrected chi connectivity index (χ2v) is 9.17. The molecule has 2 aliphatic heterocycles. The van der Waals surface area contributed by atoms with Gasteiger partial charge in [0.1, 0.15) is 0 Å². The van der Waals surface area contributed by atoms with E-state index in [-0.39, 0.29) is 11.8 Å². The van der Waals surface area contributed by atoms with Crippen LogP contribution in [0.1, 0.15) is 65.3 Å². The van der Waals surface area contributed by atoms with E-state index in [9.17, 15) is 9.59 Å². The zero-order chi connectivity index (χ0) is 25.2. The lowest BCUT2D eigenvalue weighted by molar-refractivity contribution is -0.119. The quantitative estimate of drug-likeness (QED) is 0.479. The Labute approximate surface area is 212 Å². The molecular weight excluding hydrogens is 452 g/mol. The molecule has 5 rings (SSSR count). The minimum absolute atomic E-state index is 0.0369. The van der Waals surface area contributed by atoms with Crippen molar-refractivity contribution in [3.63, 3.8) is 0 Å². The first-order valence-electron chi connectivity index (χ1n) is 12.8. The van der Waals surface area contributed by atoms with Gasteiger partial charge in [0.2, 0.25) is 5.91 Å². The lowest BCUT2D eigenvalue weighted by Gasteiger charge is -2.45. The van der Waals surface area contributed by atoms with Crippen LogP contribution in [0.15, 0.2) is 60.7 Å². The monoisotopic (exact) mass is 484 g/mol. The van der Waals surface area contributed by atoms with Gasteiger partial charge in [0.25, 0.3) is 5.91 Å². The van der Waals surface area contributed by atoms with Crippen molar-refractivity contribution in [2.24, 2.45) is 0 Å². The molecule has 3 aromatic carbocycles. The maximum atomic E-state index is 14.0. The van der Waals surface area contributed by atoms with Crippen LogP contribution < -0.4 is 14.8 Å². The van der Waals surface area contributed by atoms with E-state index >= 15 is 0 Å². The predicted octanol–water partition coefficient (Wildman–Crippen LogP) is 5.52. The Morgan fingerprint density at radius 1 is 0.944 bits per heavy atom. The summed E-state index contributed by atoms with van der Waals surface area (Å²) in [5.74, 6) is 0.617. The van der Waals surface area contributed by atoms with Crippen molar-refractivity contribution in [3.05, 3.63) is 88.5 Å². The van der Waals surface area contributed by atoms with E-state index in [0.717, 1.165) is 34.4 Å². The van der Waals surface area contributed by atoms with Gasteiger partial charge in [0.05, 0.1) is 25.2 Å². The number of amides is 2. The fraction of sp³-hybridized carbons (Fsp3) is 0.333. The summed E-state index contributed by atoms with van der Waals surface area (Å²) in [6, 6.07) is 19.0. The Morgan fingerprint density at radius 2 is 1.69 bits per heavy atom. The van der Waals surface area contributed by atoms with Gasteiger partial charge in [-0.2, -0.15) is 0 Å². The Balaban J connectivity index is 1.63. The van der Waals surface area contributed by atoms with Crippen molar-refractivity contribution in [2.75, 3.05) is 25.1 Å². The fourth-order valence-corrected chi connectivity index (χ4v) is 5.44. The molecule has 36 heavy (non-hydrogen) atoms. The molecule has 0 saturated heterocycles. The Bertz CT molecular complexity index is 1300. The molecule has 2 atom stereocenters. The smallest absolute Gasteiger partial charge is 0.254 e. The number of hydrogen-bond donors (Lipinski definition) is 1. The summed E-state index contributed by atoms with van der Waals surface area (Å²) in [6.07, 6.45) is 1.58. The largest absolute Gasteiger partial charge is 0.490 e. The first kappa shape index (κ1) is 23.9. The number of ether oxygens (including phenoxy) is 2. The summed E-state index contributed by atoms with van der Waals surface area (Å²) in [5.41, 5.74) is 5.29. The Morgan fingerprint density at radius 3 is 2.44 bits per heavy atom. The average Bonchev–Trinajstić information content (AvgIpc) is 2.89. The van der Waals surface area contributed by atoms with E-state index in [2.05, 4.69) is 18.3 Å². The summed E-state index contributed by atoms with van der Waals surface area (Å²) < 4.78 is 11.8. The van der Waals surface area contributed by atoms with Crippen molar-refractivity contribution in [2.45, 2.75) is 45.6 Å². The van der Waals surface area contributed by atoms with Crippen molar-refractivity contribution in [1.29, 1.82) is 0 Å². The number of aryl methyl sites for hydroxylation is 1. The molecule has 0 fully saturated rings. The molecule has 3 aromatic rings. The third kappa shape index (κ3) is 4.21. The zero-order valence-corrected chi connectivity index (χ0v) is 21.0. The molecule has 2 heterocycles. The molecule has 186 valence electrons. The lowest BCUT2D eigenvalue weighted by Crippen LogP contribution is -2.49. The highest BCUT2D eigenvalue weighted by Crippen LogP contribution is 2.48. The third-order valence-corrected chi connectivity index (χ3v) is 7.07. The summed E-state index contributed by atoms with van der Waals surface area (Å²) in [6.45, 7) is 7.53. The highest BCUT2D eigenvalue weighted by Gasteiger charge is 2.46. The van der Waals surface area contributed by atoms with Crippen molar-refractivity contribution < 1.29 is 19.1 Å². The summed E-state index contributed by atoms with van der Waals surface area (Å²) in [4.78, 5) is 29.4. The number of anilines is 1. The van der Waals surface area contributed by atoms with E-state index in [0.29, 0.717) is 43.2 Å². The van der Waals surface area contributed by atoms with Crippen LogP contribution in [-0.2, 0) is 17.6 Å². The van der Waals surface area contributed by atoms with Gasteiger partial charge < -0.3 is 19.7 Å². The number of benzene rings is 3. The van der Waals surface area contributed by atoms with Gasteiger partial charge in [0, 0.05) is 17.8 Å². The minimum atomic E-state index is -0.560. The number of hydrogen-bond acceptors (Lipinski definition) is 4. The van der Waals surface area contributed by atoms with E-state index in [1.54, 1.807) is 0 Å². The highest BCUT2D eigenvalue weighted by atomic mass is 16.5. The van der Waals surface area contributed by atoms with Gasteiger partial charge in [-0.05, 0) is 79.3 Å². The average molecular weight is 485 g/mol. The SMILES string of the molecule is CCOc1cc2c(cc1OCC)C1C(C(=O)Nc3cccc(CC)c3)c3ccccc3C(=O)N1CC2. The minimum Gasteiger partial charge on any atom is -0.490 e. The summed E-state index contributed by atoms with van der Waals surface area (Å²) in [5, 5.41) is 3.14. The number of rotatable bonds is 7. The molecule has 2 unspecified atom stereocenters. The fourth-order valence-electron chi connectivity index (χ4n) is 5.44. The van der Waals surface area contributed by atoms with Crippen LogP contribution in [-0.4, -0.2) is 36.5 Å². The van der Waals surface area contributed by atoms with Gasteiger partial charge in [-0.25, -0.2) is 0 Å². The highest BCUT2D eigenvalue weighted by molar-refractivity contribution is 6.04. The first-order chi connectivity index (χ1) is 17.5. The third-order valence-electron chi connectivity index (χ3n) is 7.07. The maximum Gasteiger partial charge on any atom is 0.254 e. The molecule has 0 aliphatic carbocycles. The van der Waals surface area contributed by atoms with E-state index in [1.165, 1.54) is 0 Å². The topological polar surface area (TPSA) is 67.9 Å². The van der Waals surface area contributed by atoms with Crippen LogP contribution in [0.25, 0.3) is 0 Å². The molecular formula is C30H32N2O4. The van der Waals surface area contributed by atoms with Crippen LogP contribution in [0.5, 0.6) is 11.5 Å². The van der Waals surface area contributed by atoms with Crippen molar-refractivity contribution in [1.82, 2.24) is 4.90 Å². The Kier molecular flexibility index (Phi) is 6.68. The van der Waals surface area contributed by atoms with E-state index in [4.69, 9.17) is 9.47 Å². The number of fused-ring (bicyclic) bond motifs is 4. The van der Waals surface area contributed by atoms with E-state index < -0.39 is 12.0 Å². The van der Waals surface area contributed by atoms with E-state index in [1.807, 2.05) is 73.3 Å². The number of nitrogens with one attached hydrogen (secondary N) is 1. The summed E-state index contributed by atoms with van der Waals surface area (Å²) in [7, 11) is 0. The Hall–Kier alpha value is -3.80. The van der Waals surface area contributed by atoms with Crippen LogP contribution in [0.2, 0.25) is 0 Å². The van der Waals surface area contributed by atoms with Gasteiger partial charge in [-0.15, -0.1) is 0 Å². The lowest BCUT2D eigenvalue weighted by atomic mass is 9.75. The first-order valence-corrected chi connectivity index (χ1v) is 12.8. The predicted molar refractivity (Wildman–Crippen MR) is 140 cm³/mol. The standard InChI is InChI=1S/C30H32N2O4/c1-4-19-10-9-11-21(16-19)31-29(33)27-22-12-7-8-13-23(22)30(34)32-15-14-20-17-25(35-5-2)26(36-6-3)18-24(20)28(27)32/h7-13,16-18,27-28H,4-6,14-15H2,1-3H3,(H,31,33). The molecule has 6 nitrogen and oxygen atoms in total. The number of nitrogens with zero attached hydrogens (tertiary/aromatic N) is 1. The maximum absolute atomic E-state index is 14.0. The second-order valence-electron chi connectivity index (χ2n) is 9.17. The molecule has 0 radical (unpaired) electrons. The van der Waals surface area contributed by atoms with Gasteiger partial charge in [-0.3, -0.25) is 9.59 Å². The second kappa shape index (κ2) is 10.1. The van der Waals surface area contributed by atoms with Gasteiger partial charge in [0.15, 0.2) is 11.5 Å². The molecule has 0 saturated carbocycles. The summed E-state index contributed by atoms with van der Waals surface area (Å²) >= 11 is 0. The molecule has 6 heteroatoms. The normalized spacial score (nSPS) is 18.1. The van der Waals surface area contributed by atoms with Crippen LogP contribution in [0.4, 0.5) is 5.69 Å². The zero-order valence-electron chi connectivity index (χ0n) is 21.0. The number of carbonyl (C=O) groups excluding carboxylic acids is 2. The molecule has 2 amide bonds. The van der Waals surface area contributed by atoms with Gasteiger partial charge in [-0.1, -0.05) is 37.3 Å². The molecule has 0 spiro atoms. The molecule has 1 N–H and O–H groups in total. The van der Waals surface area contributed by atoms with Crippen molar-refractivity contribution >= 4 is 17.5 Å². The number of carbonyl (C=O) groups is 2. The van der Waals surface area contributed by atoms with Crippen LogP contribution in [0, 0.1) is 0 Å². The van der Waals surface area contributed by atoms with Crippen LogP contribution >= 0.6 is 0 Å². The van der Waals surface area contributed by atoms with Crippen LogP contribution in [0.3, 0.4) is 0 Å². The molecule has 0 aromatic heterocycles. The van der Waals surface area contributed by atoms with Gasteiger partial charge >= 0.3 is 0 Å². The molecule has 0 bridgehead atoms.